The Hall–Kier alpha value is -3.27. The molecular weight excluding hydrogens is 410 g/mol. The fourth-order valence-corrected chi connectivity index (χ4v) is 3.63. The van der Waals surface area contributed by atoms with E-state index in [4.69, 9.17) is 14.2 Å². The predicted octanol–water partition coefficient (Wildman–Crippen LogP) is 2.74. The Kier molecular flexibility index (Phi) is 5.48. The van der Waals surface area contributed by atoms with Crippen molar-refractivity contribution in [1.82, 2.24) is 14.5 Å². The molecule has 3 heterocycles. The summed E-state index contributed by atoms with van der Waals surface area (Å²) < 4.78 is 46.5. The summed E-state index contributed by atoms with van der Waals surface area (Å²) in [5.74, 6) is -1.82. The highest BCUT2D eigenvalue weighted by atomic mass is 19.1. The number of methoxy groups -OCH3 is 2. The van der Waals surface area contributed by atoms with Gasteiger partial charge in [0.15, 0.2) is 23.1 Å². The van der Waals surface area contributed by atoms with E-state index in [-0.39, 0.29) is 23.1 Å². The van der Waals surface area contributed by atoms with Crippen molar-refractivity contribution in [2.24, 2.45) is 13.0 Å². The van der Waals surface area contributed by atoms with Gasteiger partial charge >= 0.3 is 0 Å². The molecule has 0 aliphatic carbocycles. The number of nitrogens with one attached hydrogen (secondary N) is 1. The van der Waals surface area contributed by atoms with E-state index in [1.54, 1.807) is 0 Å². The fraction of sp³-hybridized carbons (Fsp3) is 0.381. The van der Waals surface area contributed by atoms with Crippen LogP contribution in [0.4, 0.5) is 14.7 Å². The van der Waals surface area contributed by atoms with Gasteiger partial charge in [0.2, 0.25) is 5.95 Å². The lowest BCUT2D eigenvalue weighted by molar-refractivity contribution is 0.187. The highest BCUT2D eigenvalue weighted by Crippen LogP contribution is 2.37. The third kappa shape index (κ3) is 3.56. The molecule has 0 amide bonds. The Labute approximate surface area is 176 Å². The summed E-state index contributed by atoms with van der Waals surface area (Å²) >= 11 is 0. The molecule has 31 heavy (non-hydrogen) atoms. The predicted molar refractivity (Wildman–Crippen MR) is 111 cm³/mol. The van der Waals surface area contributed by atoms with E-state index in [9.17, 15) is 13.6 Å². The molecule has 1 aliphatic heterocycles. The first kappa shape index (κ1) is 21.0. The Bertz CT molecular complexity index is 1190. The summed E-state index contributed by atoms with van der Waals surface area (Å²) in [4.78, 5) is 21.8. The summed E-state index contributed by atoms with van der Waals surface area (Å²) in [6.07, 6.45) is 1.50. The summed E-state index contributed by atoms with van der Waals surface area (Å²) in [6.45, 7) is 3.24. The molecule has 0 unspecified atom stereocenters. The normalized spacial score (nSPS) is 18.4. The first-order chi connectivity index (χ1) is 14.8. The number of rotatable bonds is 5. The number of benzene rings is 1. The van der Waals surface area contributed by atoms with Gasteiger partial charge in [-0.15, -0.1) is 0 Å². The molecule has 1 aromatic carbocycles. The van der Waals surface area contributed by atoms with Crippen molar-refractivity contribution < 1.29 is 23.0 Å². The zero-order chi connectivity index (χ0) is 22.3. The molecule has 1 aliphatic rings. The summed E-state index contributed by atoms with van der Waals surface area (Å²) in [7, 11) is 3.98. The van der Waals surface area contributed by atoms with Gasteiger partial charge in [-0.2, -0.15) is 4.98 Å². The van der Waals surface area contributed by atoms with E-state index >= 15 is 0 Å². The van der Waals surface area contributed by atoms with Crippen LogP contribution < -0.4 is 20.3 Å². The number of halogens is 2. The van der Waals surface area contributed by atoms with Crippen LogP contribution in [0.25, 0.3) is 22.2 Å². The number of anilines is 1. The number of aromatic nitrogens is 3. The number of aryl methyl sites for hydroxylation is 1. The first-order valence-corrected chi connectivity index (χ1v) is 9.67. The van der Waals surface area contributed by atoms with E-state index in [2.05, 4.69) is 22.2 Å². The molecule has 3 aromatic rings. The summed E-state index contributed by atoms with van der Waals surface area (Å²) in [5.41, 5.74) is -1.02. The SMILES string of the molecule is COc1cc(OC)c(F)c(-c2cc3cnc(N[C@@H]4COC[C@@H]4C)nc3n(C)c2=O)c1F. The zero-order valence-corrected chi connectivity index (χ0v) is 17.5. The average Bonchev–Trinajstić information content (AvgIpc) is 3.16. The van der Waals surface area contributed by atoms with E-state index in [0.29, 0.717) is 36.1 Å². The van der Waals surface area contributed by atoms with E-state index in [0.717, 1.165) is 6.07 Å². The van der Waals surface area contributed by atoms with Crippen LogP contribution in [0.15, 0.2) is 23.1 Å². The van der Waals surface area contributed by atoms with Crippen molar-refractivity contribution in [3.05, 3.63) is 40.3 Å². The number of ether oxygens (including phenoxy) is 3. The molecule has 1 saturated heterocycles. The van der Waals surface area contributed by atoms with Crippen LogP contribution in [-0.2, 0) is 11.8 Å². The molecule has 1 fully saturated rings. The van der Waals surface area contributed by atoms with Gasteiger partial charge in [0.1, 0.15) is 5.65 Å². The zero-order valence-electron chi connectivity index (χ0n) is 17.5. The van der Waals surface area contributed by atoms with E-state index < -0.39 is 22.8 Å². The second-order valence-electron chi connectivity index (χ2n) is 7.44. The first-order valence-electron chi connectivity index (χ1n) is 9.67. The highest BCUT2D eigenvalue weighted by Gasteiger charge is 2.26. The van der Waals surface area contributed by atoms with Gasteiger partial charge in [-0.05, 0) is 6.07 Å². The molecule has 4 rings (SSSR count). The minimum atomic E-state index is -0.994. The molecule has 2 atom stereocenters. The van der Waals surface area contributed by atoms with Gasteiger partial charge in [-0.1, -0.05) is 6.92 Å². The Balaban J connectivity index is 1.85. The maximum absolute atomic E-state index is 15.0. The lowest BCUT2D eigenvalue weighted by atomic mass is 10.0. The topological polar surface area (TPSA) is 87.5 Å². The number of hydrogen-bond acceptors (Lipinski definition) is 7. The molecular formula is C21H22F2N4O4. The number of nitrogens with zero attached hydrogens (tertiary/aromatic N) is 3. The lowest BCUT2D eigenvalue weighted by Crippen LogP contribution is -2.27. The quantitative estimate of drug-likeness (QED) is 0.663. The smallest absolute Gasteiger partial charge is 0.260 e. The molecule has 0 radical (unpaired) electrons. The van der Waals surface area contributed by atoms with Gasteiger partial charge in [0.25, 0.3) is 5.56 Å². The van der Waals surface area contributed by atoms with Gasteiger partial charge < -0.3 is 19.5 Å². The van der Waals surface area contributed by atoms with Crippen LogP contribution in [0.1, 0.15) is 6.92 Å². The molecule has 0 saturated carbocycles. The van der Waals surface area contributed by atoms with Crippen LogP contribution >= 0.6 is 0 Å². The van der Waals surface area contributed by atoms with Crippen molar-refractivity contribution in [2.45, 2.75) is 13.0 Å². The van der Waals surface area contributed by atoms with Gasteiger partial charge in [-0.25, -0.2) is 13.8 Å². The number of hydrogen-bond donors (Lipinski definition) is 1. The lowest BCUT2D eigenvalue weighted by Gasteiger charge is -2.16. The summed E-state index contributed by atoms with van der Waals surface area (Å²) in [6, 6.07) is 2.51. The molecule has 10 heteroatoms. The second kappa shape index (κ2) is 8.10. The second-order valence-corrected chi connectivity index (χ2v) is 7.44. The van der Waals surface area contributed by atoms with Crippen molar-refractivity contribution >= 4 is 17.0 Å². The number of fused-ring (bicyclic) bond motifs is 1. The standard InChI is InChI=1S/C21H22F2N4O4/c1-10-8-31-9-13(10)25-21-24-7-11-5-12(20(28)27(2)19(11)26-21)16-17(22)14(29-3)6-15(30-4)18(16)23/h5-7,10,13H,8-9H2,1-4H3,(H,24,25,26)/t10-,13+/m0/s1. The van der Waals surface area contributed by atoms with Crippen LogP contribution in [0.2, 0.25) is 0 Å². The Morgan fingerprint density at radius 2 is 1.84 bits per heavy atom. The van der Waals surface area contributed by atoms with E-state index in [1.807, 2.05) is 0 Å². The van der Waals surface area contributed by atoms with Crippen LogP contribution in [0, 0.1) is 17.6 Å². The van der Waals surface area contributed by atoms with Crippen LogP contribution in [-0.4, -0.2) is 48.0 Å². The number of pyridine rings is 1. The van der Waals surface area contributed by atoms with Crippen molar-refractivity contribution in [2.75, 3.05) is 32.8 Å². The van der Waals surface area contributed by atoms with Gasteiger partial charge in [0.05, 0.1) is 44.6 Å². The molecule has 8 nitrogen and oxygen atoms in total. The van der Waals surface area contributed by atoms with Gasteiger partial charge in [0, 0.05) is 30.6 Å². The van der Waals surface area contributed by atoms with Crippen molar-refractivity contribution in [1.29, 1.82) is 0 Å². The molecule has 2 aromatic heterocycles. The fourth-order valence-electron chi connectivity index (χ4n) is 3.63. The summed E-state index contributed by atoms with van der Waals surface area (Å²) in [5, 5.41) is 3.65. The molecule has 164 valence electrons. The molecule has 1 N–H and O–H groups in total. The van der Waals surface area contributed by atoms with Crippen LogP contribution in [0.3, 0.4) is 0 Å². The maximum Gasteiger partial charge on any atom is 0.260 e. The van der Waals surface area contributed by atoms with E-state index in [1.165, 1.54) is 38.1 Å². The highest BCUT2D eigenvalue weighted by molar-refractivity contribution is 5.82. The Morgan fingerprint density at radius 3 is 2.42 bits per heavy atom. The van der Waals surface area contributed by atoms with Gasteiger partial charge in [-0.3, -0.25) is 9.36 Å². The van der Waals surface area contributed by atoms with Crippen molar-refractivity contribution in [3.63, 3.8) is 0 Å². The third-order valence-corrected chi connectivity index (χ3v) is 5.47. The Morgan fingerprint density at radius 1 is 1.16 bits per heavy atom. The van der Waals surface area contributed by atoms with Crippen LogP contribution in [0.5, 0.6) is 11.5 Å². The molecule has 0 spiro atoms. The monoisotopic (exact) mass is 432 g/mol. The maximum atomic E-state index is 15.0. The third-order valence-electron chi connectivity index (χ3n) is 5.47. The van der Waals surface area contributed by atoms with Crippen molar-refractivity contribution in [3.8, 4) is 22.6 Å². The largest absolute Gasteiger partial charge is 0.494 e. The minimum absolute atomic E-state index is 0.0567. The molecule has 0 bridgehead atoms. The minimum Gasteiger partial charge on any atom is -0.494 e. The average molecular weight is 432 g/mol.